The number of halogens is 1. The van der Waals surface area contributed by atoms with Crippen LogP contribution in [0.2, 0.25) is 0 Å². The third kappa shape index (κ3) is 2.65. The number of furan rings is 1. The second kappa shape index (κ2) is 5.40. The van der Waals surface area contributed by atoms with E-state index in [9.17, 15) is 4.39 Å². The van der Waals surface area contributed by atoms with Crippen LogP contribution >= 0.6 is 0 Å². The van der Waals surface area contributed by atoms with Gasteiger partial charge in [-0.2, -0.15) is 0 Å². The summed E-state index contributed by atoms with van der Waals surface area (Å²) in [6.07, 6.45) is 3.37. The first-order valence-corrected chi connectivity index (χ1v) is 6.67. The number of aliphatic imine (C=N–C) groups is 1. The fourth-order valence-corrected chi connectivity index (χ4v) is 2.38. The summed E-state index contributed by atoms with van der Waals surface area (Å²) in [5, 5.41) is 0. The van der Waals surface area contributed by atoms with Crippen LogP contribution in [0.4, 0.5) is 10.3 Å². The van der Waals surface area contributed by atoms with Crippen molar-refractivity contribution < 1.29 is 8.81 Å². The summed E-state index contributed by atoms with van der Waals surface area (Å²) in [5.74, 6) is 0.336. The summed E-state index contributed by atoms with van der Waals surface area (Å²) < 4.78 is 20.3. The van der Waals surface area contributed by atoms with E-state index in [-0.39, 0.29) is 5.82 Å². The van der Waals surface area contributed by atoms with Crippen molar-refractivity contribution in [3.8, 4) is 5.69 Å². The van der Waals surface area contributed by atoms with Crippen LogP contribution in [0.5, 0.6) is 0 Å². The molecule has 0 unspecified atom stereocenters. The van der Waals surface area contributed by atoms with Gasteiger partial charge in [0.15, 0.2) is 0 Å². The maximum Gasteiger partial charge on any atom is 0.218 e. The zero-order valence-electron chi connectivity index (χ0n) is 11.9. The molecule has 2 aromatic heterocycles. The molecular weight excluding hydrogens is 267 g/mol. The lowest BCUT2D eigenvalue weighted by Gasteiger charge is -2.09. The lowest BCUT2D eigenvalue weighted by molar-refractivity contribution is 0.578. The average Bonchev–Trinajstić information content (AvgIpc) is 3.07. The Labute approximate surface area is 122 Å². The SMILES string of the molecule is Cc1cc(C=Nc2ccco2)c(C)n1-c1ccc(F)cc1. The van der Waals surface area contributed by atoms with Gasteiger partial charge in [-0.05, 0) is 50.2 Å². The van der Waals surface area contributed by atoms with Crippen LogP contribution < -0.4 is 0 Å². The summed E-state index contributed by atoms with van der Waals surface area (Å²) in [6, 6.07) is 12.1. The zero-order chi connectivity index (χ0) is 14.8. The summed E-state index contributed by atoms with van der Waals surface area (Å²) in [6.45, 7) is 4.03. The van der Waals surface area contributed by atoms with Gasteiger partial charge in [0, 0.05) is 34.9 Å². The van der Waals surface area contributed by atoms with Crippen molar-refractivity contribution in [1.82, 2.24) is 4.57 Å². The molecule has 0 amide bonds. The summed E-state index contributed by atoms with van der Waals surface area (Å²) >= 11 is 0. The molecule has 3 nitrogen and oxygen atoms in total. The number of nitrogens with zero attached hydrogens (tertiary/aromatic N) is 2. The van der Waals surface area contributed by atoms with Crippen LogP contribution in [0.15, 0.2) is 58.1 Å². The zero-order valence-corrected chi connectivity index (χ0v) is 11.9. The van der Waals surface area contributed by atoms with Gasteiger partial charge in [0.25, 0.3) is 0 Å². The monoisotopic (exact) mass is 282 g/mol. The van der Waals surface area contributed by atoms with Gasteiger partial charge in [-0.25, -0.2) is 9.38 Å². The number of rotatable bonds is 3. The Balaban J connectivity index is 1.98. The first kappa shape index (κ1) is 13.4. The van der Waals surface area contributed by atoms with E-state index in [2.05, 4.69) is 9.56 Å². The summed E-state index contributed by atoms with van der Waals surface area (Å²) in [4.78, 5) is 4.29. The third-order valence-corrected chi connectivity index (χ3v) is 3.39. The van der Waals surface area contributed by atoms with Crippen LogP contribution in [0.3, 0.4) is 0 Å². The van der Waals surface area contributed by atoms with E-state index in [0.29, 0.717) is 5.88 Å². The largest absolute Gasteiger partial charge is 0.447 e. The van der Waals surface area contributed by atoms with Gasteiger partial charge >= 0.3 is 0 Å². The molecule has 0 saturated heterocycles. The minimum absolute atomic E-state index is 0.235. The predicted octanol–water partition coefficient (Wildman–Crippen LogP) is 4.58. The first-order chi connectivity index (χ1) is 10.1. The Morgan fingerprint density at radius 2 is 1.90 bits per heavy atom. The van der Waals surface area contributed by atoms with E-state index in [1.807, 2.05) is 19.9 Å². The standard InChI is InChI=1S/C17H15FN2O/c1-12-10-14(11-19-17-4-3-9-21-17)13(2)20(12)16-7-5-15(18)6-8-16/h3-11H,1-2H3. The molecular formula is C17H15FN2O. The van der Waals surface area contributed by atoms with Crippen molar-refractivity contribution >= 4 is 12.1 Å². The Morgan fingerprint density at radius 3 is 2.57 bits per heavy atom. The normalized spacial score (nSPS) is 11.4. The topological polar surface area (TPSA) is 30.4 Å². The fourth-order valence-electron chi connectivity index (χ4n) is 2.38. The quantitative estimate of drug-likeness (QED) is 0.647. The number of hydrogen-bond acceptors (Lipinski definition) is 2. The Kier molecular flexibility index (Phi) is 3.44. The smallest absolute Gasteiger partial charge is 0.218 e. The molecule has 106 valence electrons. The van der Waals surface area contributed by atoms with Gasteiger partial charge in [-0.15, -0.1) is 0 Å². The van der Waals surface area contributed by atoms with Crippen molar-refractivity contribution in [1.29, 1.82) is 0 Å². The lowest BCUT2D eigenvalue weighted by atomic mass is 10.2. The highest BCUT2D eigenvalue weighted by Crippen LogP contribution is 2.21. The van der Waals surface area contributed by atoms with Crippen LogP contribution in [0, 0.1) is 19.7 Å². The van der Waals surface area contributed by atoms with Gasteiger partial charge in [-0.1, -0.05) is 0 Å². The van der Waals surface area contributed by atoms with Crippen molar-refractivity contribution in [2.24, 2.45) is 4.99 Å². The molecule has 2 heterocycles. The highest BCUT2D eigenvalue weighted by atomic mass is 19.1. The molecule has 0 aliphatic heterocycles. The van der Waals surface area contributed by atoms with E-state index in [0.717, 1.165) is 22.6 Å². The van der Waals surface area contributed by atoms with E-state index in [1.54, 1.807) is 36.7 Å². The number of hydrogen-bond donors (Lipinski definition) is 0. The molecule has 0 spiro atoms. The lowest BCUT2D eigenvalue weighted by Crippen LogP contribution is -1.99. The second-order valence-corrected chi connectivity index (χ2v) is 4.85. The van der Waals surface area contributed by atoms with Crippen molar-refractivity contribution in [2.75, 3.05) is 0 Å². The second-order valence-electron chi connectivity index (χ2n) is 4.85. The Morgan fingerprint density at radius 1 is 1.14 bits per heavy atom. The number of benzene rings is 1. The van der Waals surface area contributed by atoms with E-state index >= 15 is 0 Å². The van der Waals surface area contributed by atoms with Crippen molar-refractivity contribution in [3.63, 3.8) is 0 Å². The molecule has 0 radical (unpaired) electrons. The highest BCUT2D eigenvalue weighted by molar-refractivity contribution is 5.83. The fraction of sp³-hybridized carbons (Fsp3) is 0.118. The molecule has 0 aliphatic rings. The van der Waals surface area contributed by atoms with Gasteiger partial charge in [0.1, 0.15) is 5.82 Å². The summed E-state index contributed by atoms with van der Waals surface area (Å²) in [7, 11) is 0. The van der Waals surface area contributed by atoms with Crippen molar-refractivity contribution in [2.45, 2.75) is 13.8 Å². The van der Waals surface area contributed by atoms with Crippen molar-refractivity contribution in [3.05, 3.63) is 71.5 Å². The maximum atomic E-state index is 13.0. The van der Waals surface area contributed by atoms with E-state index in [1.165, 1.54) is 12.1 Å². The third-order valence-electron chi connectivity index (χ3n) is 3.39. The maximum absolute atomic E-state index is 13.0. The molecule has 1 aromatic carbocycles. The first-order valence-electron chi connectivity index (χ1n) is 6.67. The van der Waals surface area contributed by atoms with Crippen LogP contribution in [-0.4, -0.2) is 10.8 Å². The molecule has 0 bridgehead atoms. The Hall–Kier alpha value is -2.62. The molecule has 0 saturated carbocycles. The average molecular weight is 282 g/mol. The highest BCUT2D eigenvalue weighted by Gasteiger charge is 2.09. The molecule has 0 atom stereocenters. The summed E-state index contributed by atoms with van der Waals surface area (Å²) in [5.41, 5.74) is 4.06. The van der Waals surface area contributed by atoms with Gasteiger partial charge in [0.2, 0.25) is 5.88 Å². The molecule has 21 heavy (non-hydrogen) atoms. The van der Waals surface area contributed by atoms with Crippen LogP contribution in [0.1, 0.15) is 17.0 Å². The molecule has 0 fully saturated rings. The number of aromatic nitrogens is 1. The van der Waals surface area contributed by atoms with Gasteiger partial charge in [0.05, 0.1) is 6.26 Å². The molecule has 3 aromatic rings. The molecule has 0 N–H and O–H groups in total. The minimum atomic E-state index is -0.235. The molecule has 3 rings (SSSR count). The van der Waals surface area contributed by atoms with Gasteiger partial charge < -0.3 is 8.98 Å². The van der Waals surface area contributed by atoms with E-state index < -0.39 is 0 Å². The van der Waals surface area contributed by atoms with E-state index in [4.69, 9.17) is 4.42 Å². The number of aryl methyl sites for hydroxylation is 1. The minimum Gasteiger partial charge on any atom is -0.447 e. The van der Waals surface area contributed by atoms with Crippen LogP contribution in [0.25, 0.3) is 5.69 Å². The molecule has 0 aliphatic carbocycles. The van der Waals surface area contributed by atoms with Gasteiger partial charge in [-0.3, -0.25) is 0 Å². The van der Waals surface area contributed by atoms with Crippen LogP contribution in [-0.2, 0) is 0 Å². The Bertz CT molecular complexity index is 768. The molecule has 4 heteroatoms. The predicted molar refractivity (Wildman–Crippen MR) is 81.2 cm³/mol.